The van der Waals surface area contributed by atoms with Crippen LogP contribution >= 0.6 is 0 Å². The van der Waals surface area contributed by atoms with Gasteiger partial charge in [0.25, 0.3) is 0 Å². The number of anilines is 1. The molecule has 1 N–H and O–H groups in total. The number of aliphatic carboxylic acids is 1. The summed E-state index contributed by atoms with van der Waals surface area (Å²) in [6.45, 7) is 9.10. The average molecular weight is 555 g/mol. The molecule has 1 fully saturated rings. The number of carboxylic acids is 1. The van der Waals surface area contributed by atoms with E-state index in [0.29, 0.717) is 17.8 Å². The van der Waals surface area contributed by atoms with Crippen LogP contribution in [0.4, 0.5) is 5.82 Å². The number of piperidine rings is 1. The molecule has 2 aromatic heterocycles. The van der Waals surface area contributed by atoms with Gasteiger partial charge in [0.2, 0.25) is 0 Å². The maximum absolute atomic E-state index is 11.9. The number of benzene rings is 2. The van der Waals surface area contributed by atoms with Gasteiger partial charge in [0.15, 0.2) is 5.65 Å². The molecule has 0 unspecified atom stereocenters. The smallest absolute Gasteiger partial charge is 0.308 e. The summed E-state index contributed by atoms with van der Waals surface area (Å²) in [6.07, 6.45) is 4.63. The molecule has 0 amide bonds. The van der Waals surface area contributed by atoms with Crippen LogP contribution in [0, 0.1) is 13.8 Å². The molecule has 7 rings (SSSR count). The second kappa shape index (κ2) is 11.2. The van der Waals surface area contributed by atoms with Gasteiger partial charge in [-0.15, -0.1) is 0 Å². The number of hydrogen-bond acceptors (Lipinski definition) is 6. The number of aryl methyl sites for hydroxylation is 2. The average Bonchev–Trinajstić information content (AvgIpc) is 3.37. The predicted molar refractivity (Wildman–Crippen MR) is 160 cm³/mol. The zero-order valence-corrected chi connectivity index (χ0v) is 24.2. The highest BCUT2D eigenvalue weighted by molar-refractivity contribution is 5.78. The first kappa shape index (κ1) is 27.3. The number of nitrogens with zero attached hydrogens (tertiary/aromatic N) is 4. The largest absolute Gasteiger partial charge is 0.493 e. The maximum Gasteiger partial charge on any atom is 0.308 e. The van der Waals surface area contributed by atoms with Gasteiger partial charge in [0.05, 0.1) is 24.3 Å². The van der Waals surface area contributed by atoms with E-state index in [0.717, 1.165) is 91.4 Å². The Morgan fingerprint density at radius 2 is 1.78 bits per heavy atom. The van der Waals surface area contributed by atoms with E-state index in [2.05, 4.69) is 55.1 Å². The summed E-state index contributed by atoms with van der Waals surface area (Å²) in [7, 11) is 0. The van der Waals surface area contributed by atoms with E-state index in [9.17, 15) is 9.90 Å². The Hall–Kier alpha value is -3.91. The lowest BCUT2D eigenvalue weighted by Crippen LogP contribution is -2.45. The van der Waals surface area contributed by atoms with Gasteiger partial charge in [-0.3, -0.25) is 4.79 Å². The van der Waals surface area contributed by atoms with E-state index >= 15 is 0 Å². The maximum atomic E-state index is 11.9. The highest BCUT2D eigenvalue weighted by Crippen LogP contribution is 2.36. The van der Waals surface area contributed by atoms with Crippen LogP contribution in [-0.2, 0) is 16.0 Å². The van der Waals surface area contributed by atoms with E-state index in [-0.39, 0.29) is 12.0 Å². The molecule has 3 aliphatic heterocycles. The third-order valence-electron chi connectivity index (χ3n) is 8.43. The first-order valence-corrected chi connectivity index (χ1v) is 14.6. The van der Waals surface area contributed by atoms with Crippen molar-refractivity contribution in [2.45, 2.75) is 64.9 Å². The lowest BCUT2D eigenvalue weighted by molar-refractivity contribution is -0.136. The fraction of sp³-hybridized carbons (Fsp3) is 0.424. The van der Waals surface area contributed by atoms with E-state index < -0.39 is 5.97 Å². The van der Waals surface area contributed by atoms with Crippen molar-refractivity contribution in [2.75, 3.05) is 31.2 Å². The lowest BCUT2D eigenvalue weighted by Gasteiger charge is -2.41. The van der Waals surface area contributed by atoms with Gasteiger partial charge in [-0.25, -0.2) is 4.98 Å². The van der Waals surface area contributed by atoms with Gasteiger partial charge in [-0.2, -0.15) is 9.61 Å². The van der Waals surface area contributed by atoms with Crippen molar-refractivity contribution in [3.8, 4) is 28.1 Å². The molecule has 8 nitrogen and oxygen atoms in total. The SMILES string of the molecule is Cc1ccc2c(c1)-c1cccc(c1)-c1cc3nc(C)c(CC(=O)O)c(n3n1)N1CCC(C)(CC1)OCCCCCO2. The highest BCUT2D eigenvalue weighted by Gasteiger charge is 2.33. The van der Waals surface area contributed by atoms with Crippen LogP contribution in [-0.4, -0.2) is 57.6 Å². The Kier molecular flexibility index (Phi) is 7.43. The summed E-state index contributed by atoms with van der Waals surface area (Å²) in [4.78, 5) is 19.0. The van der Waals surface area contributed by atoms with E-state index in [1.54, 1.807) is 0 Å². The second-order valence-corrected chi connectivity index (χ2v) is 11.6. The van der Waals surface area contributed by atoms with Crippen LogP contribution < -0.4 is 9.64 Å². The molecule has 5 heterocycles. The molecule has 214 valence electrons. The fourth-order valence-corrected chi connectivity index (χ4v) is 6.02. The van der Waals surface area contributed by atoms with Crippen molar-refractivity contribution in [3.63, 3.8) is 0 Å². The summed E-state index contributed by atoms with van der Waals surface area (Å²) in [5.74, 6) is 0.824. The van der Waals surface area contributed by atoms with Crippen LogP contribution in [0.2, 0.25) is 0 Å². The molecule has 41 heavy (non-hydrogen) atoms. The van der Waals surface area contributed by atoms with Crippen LogP contribution in [0.3, 0.4) is 0 Å². The van der Waals surface area contributed by atoms with Gasteiger partial charge < -0.3 is 19.5 Å². The van der Waals surface area contributed by atoms with Crippen LogP contribution in [0.25, 0.3) is 28.0 Å². The molecule has 0 atom stereocenters. The summed E-state index contributed by atoms with van der Waals surface area (Å²) in [5.41, 5.74) is 7.00. The third-order valence-corrected chi connectivity index (χ3v) is 8.43. The first-order chi connectivity index (χ1) is 19.8. The summed E-state index contributed by atoms with van der Waals surface area (Å²) < 4.78 is 14.6. The summed E-state index contributed by atoms with van der Waals surface area (Å²) >= 11 is 0. The third kappa shape index (κ3) is 5.66. The molecule has 0 spiro atoms. The normalized spacial score (nSPS) is 17.3. The zero-order chi connectivity index (χ0) is 28.6. The Morgan fingerprint density at radius 3 is 2.59 bits per heavy atom. The number of fused-ring (bicyclic) bond motifs is 8. The highest BCUT2D eigenvalue weighted by atomic mass is 16.5. The van der Waals surface area contributed by atoms with Crippen LogP contribution in [0.15, 0.2) is 48.5 Å². The molecular weight excluding hydrogens is 516 g/mol. The molecule has 0 radical (unpaired) electrons. The number of hydrogen-bond donors (Lipinski definition) is 1. The van der Waals surface area contributed by atoms with Gasteiger partial charge in [0, 0.05) is 48.1 Å². The number of rotatable bonds is 2. The minimum Gasteiger partial charge on any atom is -0.493 e. The Morgan fingerprint density at radius 1 is 1.00 bits per heavy atom. The fourth-order valence-electron chi connectivity index (χ4n) is 6.02. The van der Waals surface area contributed by atoms with Crippen molar-refractivity contribution < 1.29 is 19.4 Å². The molecule has 4 aromatic rings. The molecule has 6 bridgehead atoms. The van der Waals surface area contributed by atoms with E-state index in [1.807, 2.05) is 23.6 Å². The predicted octanol–water partition coefficient (Wildman–Crippen LogP) is 6.25. The quantitative estimate of drug-likeness (QED) is 0.313. The lowest BCUT2D eigenvalue weighted by atomic mass is 9.92. The van der Waals surface area contributed by atoms with Crippen LogP contribution in [0.1, 0.15) is 55.8 Å². The second-order valence-electron chi connectivity index (χ2n) is 11.6. The summed E-state index contributed by atoms with van der Waals surface area (Å²) in [6, 6.07) is 16.7. The number of carboxylic acid groups (broad SMARTS) is 1. The van der Waals surface area contributed by atoms with Gasteiger partial charge in [-0.05, 0) is 76.6 Å². The van der Waals surface area contributed by atoms with Gasteiger partial charge in [0.1, 0.15) is 11.6 Å². The van der Waals surface area contributed by atoms with Crippen molar-refractivity contribution in [2.24, 2.45) is 0 Å². The Balaban J connectivity index is 1.49. The van der Waals surface area contributed by atoms with E-state index in [4.69, 9.17) is 19.6 Å². The number of ether oxygens (including phenoxy) is 2. The molecule has 0 aliphatic carbocycles. The van der Waals surface area contributed by atoms with Crippen molar-refractivity contribution in [1.29, 1.82) is 0 Å². The monoisotopic (exact) mass is 554 g/mol. The molecule has 3 aliphatic rings. The minimum absolute atomic E-state index is 0.102. The number of carbonyl (C=O) groups is 1. The molecular formula is C33H38N4O4. The van der Waals surface area contributed by atoms with Gasteiger partial charge in [-0.1, -0.05) is 29.8 Å². The molecule has 0 saturated carbocycles. The minimum atomic E-state index is -0.877. The topological polar surface area (TPSA) is 89.2 Å². The molecule has 8 heteroatoms. The first-order valence-electron chi connectivity index (χ1n) is 14.6. The van der Waals surface area contributed by atoms with E-state index in [1.165, 1.54) is 5.56 Å². The van der Waals surface area contributed by atoms with Crippen molar-refractivity contribution >= 4 is 17.4 Å². The Labute approximate surface area is 240 Å². The molecule has 2 aromatic carbocycles. The number of aromatic nitrogens is 3. The van der Waals surface area contributed by atoms with Crippen molar-refractivity contribution in [1.82, 2.24) is 14.6 Å². The summed E-state index contributed by atoms with van der Waals surface area (Å²) in [5, 5.41) is 14.8. The standard InChI is InChI=1S/C33H38N4O4/c1-22-10-11-29-27(18-22)24-8-7-9-25(19-24)28-21-30-34-23(2)26(20-31(38)39)32(37(30)35-28)36-14-12-33(3,13-15-36)41-17-6-4-5-16-40-29/h7-11,18-19,21H,4-6,12-17,20H2,1-3H3,(H,38,39). The van der Waals surface area contributed by atoms with Gasteiger partial charge >= 0.3 is 5.97 Å². The van der Waals surface area contributed by atoms with Crippen molar-refractivity contribution in [3.05, 3.63) is 65.4 Å². The Bertz CT molecular complexity index is 1590. The van der Waals surface area contributed by atoms with Crippen LogP contribution in [0.5, 0.6) is 5.75 Å². The zero-order valence-electron chi connectivity index (χ0n) is 24.2. The molecule has 1 saturated heterocycles.